The summed E-state index contributed by atoms with van der Waals surface area (Å²) in [6.45, 7) is 0.640. The Hall–Kier alpha value is -1.86. The summed E-state index contributed by atoms with van der Waals surface area (Å²) in [5.74, 6) is 1.68. The third kappa shape index (κ3) is 3.17. The maximum Gasteiger partial charge on any atom is 0.242 e. The lowest BCUT2D eigenvalue weighted by Crippen LogP contribution is -2.37. The monoisotopic (exact) mass is 289 g/mol. The maximum absolute atomic E-state index is 12.0. The van der Waals surface area contributed by atoms with Gasteiger partial charge < -0.3 is 5.32 Å². The van der Waals surface area contributed by atoms with E-state index >= 15 is 0 Å². The number of aromatic nitrogens is 3. The number of hydrogen-bond acceptors (Lipinski definition) is 5. The number of nitrogens with zero attached hydrogens (tertiary/aromatic N) is 3. The van der Waals surface area contributed by atoms with E-state index in [9.17, 15) is 4.79 Å². The van der Waals surface area contributed by atoms with E-state index in [2.05, 4.69) is 20.7 Å². The smallest absolute Gasteiger partial charge is 0.242 e. The molecule has 2 heterocycles. The molecule has 0 aliphatic carbocycles. The molecule has 20 heavy (non-hydrogen) atoms. The van der Waals surface area contributed by atoms with Gasteiger partial charge in [-0.1, -0.05) is 12.1 Å². The Balaban J connectivity index is 1.66. The minimum Gasteiger partial charge on any atom is -0.325 e. The van der Waals surface area contributed by atoms with Gasteiger partial charge in [-0.2, -0.15) is 5.10 Å². The standard InChI is InChI=1S/C13H15N5OS/c19-13(12-6-20-9-15-12)17-11-3-1-2-10(4-11)5-18-8-14-7-16-18/h1-4,7-8,12,15H,5-6,9H2,(H,17,19). The van der Waals surface area contributed by atoms with Gasteiger partial charge in [0.2, 0.25) is 5.91 Å². The van der Waals surface area contributed by atoms with Gasteiger partial charge in [-0.05, 0) is 17.7 Å². The normalized spacial score (nSPS) is 18.1. The number of carbonyl (C=O) groups excluding carboxylic acids is 1. The first-order valence-corrected chi connectivity index (χ1v) is 7.50. The van der Waals surface area contributed by atoms with Gasteiger partial charge in [0.15, 0.2) is 0 Å². The Morgan fingerprint density at radius 1 is 1.55 bits per heavy atom. The van der Waals surface area contributed by atoms with Crippen molar-refractivity contribution in [3.63, 3.8) is 0 Å². The zero-order valence-electron chi connectivity index (χ0n) is 10.8. The van der Waals surface area contributed by atoms with E-state index in [0.29, 0.717) is 6.54 Å². The SMILES string of the molecule is O=C(Nc1cccc(Cn2cncn2)c1)C1CSCN1. The number of benzene rings is 1. The summed E-state index contributed by atoms with van der Waals surface area (Å²) in [4.78, 5) is 15.9. The second-order valence-electron chi connectivity index (χ2n) is 4.55. The van der Waals surface area contributed by atoms with Crippen LogP contribution in [0.25, 0.3) is 0 Å². The van der Waals surface area contributed by atoms with Crippen LogP contribution in [0.15, 0.2) is 36.9 Å². The number of rotatable bonds is 4. The number of hydrogen-bond donors (Lipinski definition) is 2. The van der Waals surface area contributed by atoms with Crippen molar-refractivity contribution in [3.05, 3.63) is 42.5 Å². The Labute approximate surface area is 121 Å². The van der Waals surface area contributed by atoms with E-state index < -0.39 is 0 Å². The second-order valence-corrected chi connectivity index (χ2v) is 5.58. The van der Waals surface area contributed by atoms with Crippen LogP contribution in [0.5, 0.6) is 0 Å². The van der Waals surface area contributed by atoms with Gasteiger partial charge in [0.25, 0.3) is 0 Å². The van der Waals surface area contributed by atoms with Gasteiger partial charge in [0, 0.05) is 17.3 Å². The van der Waals surface area contributed by atoms with E-state index in [4.69, 9.17) is 0 Å². The van der Waals surface area contributed by atoms with Crippen LogP contribution in [0.3, 0.4) is 0 Å². The van der Waals surface area contributed by atoms with Crippen LogP contribution >= 0.6 is 11.8 Å². The summed E-state index contributed by atoms with van der Waals surface area (Å²) in [5, 5.41) is 10.2. The molecule has 1 saturated heterocycles. The average molecular weight is 289 g/mol. The van der Waals surface area contributed by atoms with Crippen LogP contribution in [0.4, 0.5) is 5.69 Å². The predicted octanol–water partition coefficient (Wildman–Crippen LogP) is 0.927. The zero-order valence-corrected chi connectivity index (χ0v) is 11.6. The molecule has 1 aromatic carbocycles. The molecule has 2 N–H and O–H groups in total. The fraction of sp³-hybridized carbons (Fsp3) is 0.308. The van der Waals surface area contributed by atoms with Gasteiger partial charge in [0.1, 0.15) is 12.7 Å². The quantitative estimate of drug-likeness (QED) is 0.876. The fourth-order valence-electron chi connectivity index (χ4n) is 2.04. The highest BCUT2D eigenvalue weighted by Gasteiger charge is 2.22. The van der Waals surface area contributed by atoms with Crippen LogP contribution in [-0.2, 0) is 11.3 Å². The topological polar surface area (TPSA) is 71.8 Å². The Morgan fingerprint density at radius 2 is 2.50 bits per heavy atom. The summed E-state index contributed by atoms with van der Waals surface area (Å²) in [5.41, 5.74) is 1.88. The Bertz CT molecular complexity index is 580. The molecule has 1 aliphatic heterocycles. The van der Waals surface area contributed by atoms with Gasteiger partial charge in [-0.15, -0.1) is 11.8 Å². The van der Waals surface area contributed by atoms with E-state index in [-0.39, 0.29) is 11.9 Å². The largest absolute Gasteiger partial charge is 0.325 e. The first-order chi connectivity index (χ1) is 9.81. The van der Waals surface area contributed by atoms with Crippen molar-refractivity contribution in [2.45, 2.75) is 12.6 Å². The van der Waals surface area contributed by atoms with Crippen molar-refractivity contribution in [1.82, 2.24) is 20.1 Å². The van der Waals surface area contributed by atoms with Crippen molar-refractivity contribution in [2.75, 3.05) is 16.9 Å². The van der Waals surface area contributed by atoms with Crippen LogP contribution in [0.2, 0.25) is 0 Å². The molecule has 1 unspecified atom stereocenters. The van der Waals surface area contributed by atoms with Gasteiger partial charge >= 0.3 is 0 Å². The molecule has 1 amide bonds. The maximum atomic E-state index is 12.0. The van der Waals surface area contributed by atoms with E-state index in [1.807, 2.05) is 24.3 Å². The Morgan fingerprint density at radius 3 is 3.25 bits per heavy atom. The molecule has 1 atom stereocenters. The van der Waals surface area contributed by atoms with Gasteiger partial charge in [0.05, 0.1) is 12.6 Å². The molecule has 0 spiro atoms. The van der Waals surface area contributed by atoms with E-state index in [1.165, 1.54) is 6.33 Å². The summed E-state index contributed by atoms with van der Waals surface area (Å²) >= 11 is 1.74. The van der Waals surface area contributed by atoms with Crippen LogP contribution in [-0.4, -0.2) is 38.3 Å². The Kier molecular flexibility index (Phi) is 3.98. The lowest BCUT2D eigenvalue weighted by molar-refractivity contribution is -0.117. The summed E-state index contributed by atoms with van der Waals surface area (Å²) in [6.07, 6.45) is 3.18. The molecule has 1 fully saturated rings. The van der Waals surface area contributed by atoms with Crippen LogP contribution < -0.4 is 10.6 Å². The van der Waals surface area contributed by atoms with Crippen molar-refractivity contribution >= 4 is 23.4 Å². The highest BCUT2D eigenvalue weighted by Crippen LogP contribution is 2.15. The van der Waals surface area contributed by atoms with Gasteiger partial charge in [-0.3, -0.25) is 10.1 Å². The number of anilines is 1. The lowest BCUT2D eigenvalue weighted by Gasteiger charge is -2.11. The number of carbonyl (C=O) groups is 1. The highest BCUT2D eigenvalue weighted by molar-refractivity contribution is 7.99. The average Bonchev–Trinajstić information content (AvgIpc) is 3.12. The summed E-state index contributed by atoms with van der Waals surface area (Å²) in [6, 6.07) is 7.69. The van der Waals surface area contributed by atoms with E-state index in [1.54, 1.807) is 22.8 Å². The third-order valence-electron chi connectivity index (χ3n) is 3.04. The zero-order chi connectivity index (χ0) is 13.8. The molecular formula is C13H15N5OS. The molecule has 104 valence electrons. The highest BCUT2D eigenvalue weighted by atomic mass is 32.2. The van der Waals surface area contributed by atoms with Crippen LogP contribution in [0.1, 0.15) is 5.56 Å². The number of thioether (sulfide) groups is 1. The molecule has 0 saturated carbocycles. The summed E-state index contributed by atoms with van der Waals surface area (Å²) < 4.78 is 1.75. The second kappa shape index (κ2) is 6.06. The molecule has 0 bridgehead atoms. The number of nitrogens with one attached hydrogen (secondary N) is 2. The molecule has 0 radical (unpaired) electrons. The molecule has 6 nitrogen and oxygen atoms in total. The molecule has 3 rings (SSSR count). The molecular weight excluding hydrogens is 274 g/mol. The number of amides is 1. The van der Waals surface area contributed by atoms with E-state index in [0.717, 1.165) is 22.9 Å². The van der Waals surface area contributed by atoms with Crippen molar-refractivity contribution in [1.29, 1.82) is 0 Å². The molecule has 2 aromatic rings. The predicted molar refractivity (Wildman–Crippen MR) is 78.4 cm³/mol. The first-order valence-electron chi connectivity index (χ1n) is 6.34. The van der Waals surface area contributed by atoms with Gasteiger partial charge in [-0.25, -0.2) is 9.67 Å². The van der Waals surface area contributed by atoms with Crippen LogP contribution in [0, 0.1) is 0 Å². The molecule has 1 aromatic heterocycles. The van der Waals surface area contributed by atoms with Crippen molar-refractivity contribution in [2.24, 2.45) is 0 Å². The minimum atomic E-state index is -0.0982. The molecule has 7 heteroatoms. The van der Waals surface area contributed by atoms with Crippen molar-refractivity contribution in [3.8, 4) is 0 Å². The summed E-state index contributed by atoms with van der Waals surface area (Å²) in [7, 11) is 0. The first kappa shape index (κ1) is 13.1. The van der Waals surface area contributed by atoms with Crippen molar-refractivity contribution < 1.29 is 4.79 Å². The fourth-order valence-corrected chi connectivity index (χ4v) is 2.98. The molecule has 1 aliphatic rings. The minimum absolute atomic E-state index is 0.0212. The third-order valence-corrected chi connectivity index (χ3v) is 3.98. The lowest BCUT2D eigenvalue weighted by atomic mass is 10.2.